The van der Waals surface area contributed by atoms with Gasteiger partial charge in [0.05, 0.1) is 39.3 Å². The zero-order valence-electron chi connectivity index (χ0n) is 43.2. The number of thiazole rings is 1. The molecule has 4 aliphatic rings. The summed E-state index contributed by atoms with van der Waals surface area (Å²) in [4.78, 5) is 82.1. The Bertz CT molecular complexity index is 3170. The molecule has 2 bridgehead atoms. The number of aromatic amines is 1. The van der Waals surface area contributed by atoms with Crippen LogP contribution in [0.25, 0.3) is 43.5 Å². The van der Waals surface area contributed by atoms with E-state index >= 15 is 8.78 Å². The number of pyridine rings is 2. The number of fused-ring (bicyclic) bond motifs is 4. The summed E-state index contributed by atoms with van der Waals surface area (Å²) in [5.74, 6) is -1.77. The van der Waals surface area contributed by atoms with Gasteiger partial charge in [0.15, 0.2) is 5.82 Å². The van der Waals surface area contributed by atoms with E-state index in [-0.39, 0.29) is 96.2 Å². The third kappa shape index (κ3) is 10.8. The number of hydrogen-bond donors (Lipinski definition) is 5. The first kappa shape index (κ1) is 52.0. The van der Waals surface area contributed by atoms with Gasteiger partial charge in [-0.25, -0.2) is 13.8 Å². The van der Waals surface area contributed by atoms with E-state index in [1.807, 2.05) is 64.4 Å². The monoisotopic (exact) mass is 1050 g/mol. The van der Waals surface area contributed by atoms with Gasteiger partial charge < -0.3 is 40.6 Å². The Hall–Kier alpha value is -6.48. The van der Waals surface area contributed by atoms with Crippen molar-refractivity contribution in [2.24, 2.45) is 11.3 Å². The number of anilines is 1. The molecular weight excluding hydrogens is 981 g/mol. The fraction of sp³-hybridized carbons (Fsp3) is 0.491. The smallest absolute Gasteiger partial charge is 0.319 e. The summed E-state index contributed by atoms with van der Waals surface area (Å²) < 4.78 is 38.6. The van der Waals surface area contributed by atoms with E-state index in [0.29, 0.717) is 49.1 Å². The zero-order chi connectivity index (χ0) is 52.9. The largest absolute Gasteiger partial charge is 0.462 e. The summed E-state index contributed by atoms with van der Waals surface area (Å²) in [5, 5.41) is 21.1. The normalized spacial score (nSPS) is 22.6. The minimum atomic E-state index is -0.940. The van der Waals surface area contributed by atoms with E-state index in [9.17, 15) is 24.3 Å². The molecule has 0 spiro atoms. The molecule has 0 radical (unpaired) electrons. The molecule has 2 unspecified atom stereocenters. The van der Waals surface area contributed by atoms with Gasteiger partial charge in [0.25, 0.3) is 0 Å². The van der Waals surface area contributed by atoms with Crippen LogP contribution in [0.15, 0.2) is 65.0 Å². The summed E-state index contributed by atoms with van der Waals surface area (Å²) >= 11 is 1.57. The molecule has 20 heteroatoms. The van der Waals surface area contributed by atoms with Crippen LogP contribution in [0, 0.1) is 29.9 Å². The molecule has 2 aromatic carbocycles. The Kier molecular flexibility index (Phi) is 14.7. The van der Waals surface area contributed by atoms with Crippen LogP contribution in [0.5, 0.6) is 6.01 Å². The highest BCUT2D eigenvalue weighted by atomic mass is 32.1. The number of halogens is 2. The molecule has 8 heterocycles. The van der Waals surface area contributed by atoms with E-state index in [4.69, 9.17) is 9.72 Å². The van der Waals surface area contributed by atoms with Crippen molar-refractivity contribution in [1.82, 2.24) is 50.7 Å². The number of aliphatic hydroxyl groups is 1. The summed E-state index contributed by atoms with van der Waals surface area (Å²) in [6.07, 6.45) is 4.13. The van der Waals surface area contributed by atoms with Crippen LogP contribution in [0.4, 0.5) is 14.6 Å². The number of hydrogen-bond acceptors (Lipinski definition) is 14. The molecule has 8 atom stereocenters. The number of ether oxygens (including phenoxy) is 1. The molecule has 10 rings (SSSR count). The Morgan fingerprint density at radius 3 is 2.45 bits per heavy atom. The summed E-state index contributed by atoms with van der Waals surface area (Å²) in [5.41, 5.74) is 3.10. The molecule has 3 amide bonds. The summed E-state index contributed by atoms with van der Waals surface area (Å²) in [6, 6.07) is 11.8. The third-order valence-corrected chi connectivity index (χ3v) is 16.4. The predicted octanol–water partition coefficient (Wildman–Crippen LogP) is 6.42. The van der Waals surface area contributed by atoms with Gasteiger partial charge in [-0.2, -0.15) is 9.97 Å². The molecule has 4 saturated heterocycles. The molecule has 0 saturated carbocycles. The van der Waals surface area contributed by atoms with Crippen molar-refractivity contribution in [3.8, 4) is 27.8 Å². The lowest BCUT2D eigenvalue weighted by Gasteiger charge is -2.46. The van der Waals surface area contributed by atoms with Crippen LogP contribution in [0.1, 0.15) is 90.4 Å². The minimum Gasteiger partial charge on any atom is -0.462 e. The van der Waals surface area contributed by atoms with Gasteiger partial charge in [-0.3, -0.25) is 29.1 Å². The van der Waals surface area contributed by atoms with Crippen molar-refractivity contribution in [3.63, 3.8) is 0 Å². The zero-order valence-corrected chi connectivity index (χ0v) is 44.0. The Labute approximate surface area is 437 Å². The van der Waals surface area contributed by atoms with Crippen molar-refractivity contribution in [1.29, 1.82) is 0 Å². The van der Waals surface area contributed by atoms with E-state index in [1.54, 1.807) is 17.4 Å². The quantitative estimate of drug-likeness (QED) is 0.0664. The van der Waals surface area contributed by atoms with Crippen molar-refractivity contribution in [2.75, 3.05) is 44.2 Å². The average Bonchev–Trinajstić information content (AvgIpc) is 4.09. The first-order chi connectivity index (χ1) is 35.9. The lowest BCUT2D eigenvalue weighted by molar-refractivity contribution is -0.144. The van der Waals surface area contributed by atoms with E-state index in [1.165, 1.54) is 29.3 Å². The average molecular weight is 1050 g/mol. The number of likely N-dealkylation sites (tertiary alicyclic amines) is 2. The second kappa shape index (κ2) is 21.3. The van der Waals surface area contributed by atoms with Crippen LogP contribution < -0.4 is 31.1 Å². The van der Waals surface area contributed by atoms with Crippen LogP contribution in [-0.4, -0.2) is 133 Å². The number of unbranched alkanes of at least 4 members (excludes halogenated alkanes) is 1. The van der Waals surface area contributed by atoms with Crippen molar-refractivity contribution < 1.29 is 33.0 Å². The highest BCUT2D eigenvalue weighted by Crippen LogP contribution is 2.37. The molecule has 75 heavy (non-hydrogen) atoms. The number of piperazine rings is 1. The van der Waals surface area contributed by atoms with Gasteiger partial charge in [-0.15, -0.1) is 11.3 Å². The van der Waals surface area contributed by atoms with Gasteiger partial charge >= 0.3 is 6.01 Å². The highest BCUT2D eigenvalue weighted by Gasteiger charge is 2.45. The summed E-state index contributed by atoms with van der Waals surface area (Å²) in [6.45, 7) is 14.6. The maximum atomic E-state index is 16.9. The number of benzene rings is 2. The first-order valence-corrected chi connectivity index (χ1v) is 26.9. The van der Waals surface area contributed by atoms with Crippen LogP contribution >= 0.6 is 11.3 Å². The Balaban J connectivity index is 0.763. The minimum absolute atomic E-state index is 0.00944. The van der Waals surface area contributed by atoms with E-state index in [0.717, 1.165) is 41.1 Å². The number of nitrogens with one attached hydrogen (secondary N) is 4. The molecule has 396 valence electrons. The second-order valence-electron chi connectivity index (χ2n) is 22.0. The fourth-order valence-electron chi connectivity index (χ4n) is 11.3. The first-order valence-electron chi connectivity index (χ1n) is 26.0. The molecule has 0 aliphatic carbocycles. The maximum Gasteiger partial charge on any atom is 0.319 e. The molecular formula is C55H65F2N11O6S. The number of aromatic nitrogens is 5. The van der Waals surface area contributed by atoms with Crippen molar-refractivity contribution in [2.45, 2.75) is 122 Å². The third-order valence-electron chi connectivity index (χ3n) is 15.4. The fourth-order valence-corrected chi connectivity index (χ4v) is 12.1. The molecule has 4 fully saturated rings. The van der Waals surface area contributed by atoms with Gasteiger partial charge in [0, 0.05) is 74.8 Å². The van der Waals surface area contributed by atoms with E-state index in [2.05, 4.69) is 52.6 Å². The van der Waals surface area contributed by atoms with Gasteiger partial charge in [-0.1, -0.05) is 64.1 Å². The number of aliphatic hydroxyl groups excluding tert-OH is 1. The highest BCUT2D eigenvalue weighted by molar-refractivity contribution is 7.13. The number of β-amino-alcohol motifs (C(OH)–C–C–N with tert-alkyl or cyclic N) is 1. The lowest BCUT2D eigenvalue weighted by atomic mass is 9.85. The topological polar surface area (TPSA) is 211 Å². The number of H-pyrrole nitrogens is 1. The molecule has 5 N–H and O–H groups in total. The van der Waals surface area contributed by atoms with Crippen molar-refractivity contribution in [3.05, 3.63) is 93.5 Å². The van der Waals surface area contributed by atoms with Gasteiger partial charge in [0.1, 0.15) is 41.5 Å². The molecule has 4 aromatic heterocycles. The van der Waals surface area contributed by atoms with Crippen molar-refractivity contribution >= 4 is 56.6 Å². The number of carbonyl (C=O) groups excluding carboxylic acids is 3. The van der Waals surface area contributed by atoms with E-state index < -0.39 is 46.7 Å². The molecule has 6 aromatic rings. The maximum absolute atomic E-state index is 16.9. The number of aryl methyl sites for hydroxylation is 1. The SMILES string of the molecule is Cc1ncsc1-c1ccc([C@H](C)NC(=O)[C@@H]2C[C@@H](O)CN2C(=O)[C@@H](NC(=O)CCCCN2C[C@@H](C)[C@H]2COc2nc(N3CC4CCC(C3)N4)c3cnc(-c4[nH]c(=O)cc5cccc(F)c45)c(F)c3n2)C(C)(C)C)cc1. The Morgan fingerprint density at radius 1 is 0.987 bits per heavy atom. The standard InChI is InChI=1S/C55H65F2N11O6S/c1-29-23-66(19-8-7-12-42(70)63-50(55(4,5)6)53(73)68-26-37(69)21-40(68)52(72)60-30(2)32-13-15-33(16-14-32)49-31(3)59-28-75-49)41(29)27-74-54-64-46-38(51(65-54)67-24-35-17-18-36(25-67)61-35)22-58-48(45(46)57)47-44-34(20-43(71)62-47)10-9-11-39(44)56/h9-11,13-16,20,22,28-30,35-37,40-41,50,61,69H,7-8,12,17-19,21,23-27H2,1-6H3,(H,60,72)(H,62,71)(H,63,70)/t29-,30+,35?,36?,37-,40+,41-,50-/m1/s1. The number of amides is 3. The van der Waals surface area contributed by atoms with Gasteiger partial charge in [0.2, 0.25) is 23.3 Å². The van der Waals surface area contributed by atoms with Crippen LogP contribution in [0.3, 0.4) is 0 Å². The Morgan fingerprint density at radius 2 is 1.75 bits per heavy atom. The summed E-state index contributed by atoms with van der Waals surface area (Å²) in [7, 11) is 0. The predicted molar refractivity (Wildman–Crippen MR) is 283 cm³/mol. The van der Waals surface area contributed by atoms with Crippen LogP contribution in [-0.2, 0) is 14.4 Å². The van der Waals surface area contributed by atoms with Gasteiger partial charge in [-0.05, 0) is 80.0 Å². The molecule has 17 nitrogen and oxygen atoms in total. The second-order valence-corrected chi connectivity index (χ2v) is 22.8. The number of rotatable bonds is 16. The number of carbonyl (C=O) groups is 3. The lowest BCUT2D eigenvalue weighted by Crippen LogP contribution is -2.58. The molecule has 4 aliphatic heterocycles. The number of nitrogens with zero attached hydrogens (tertiary/aromatic N) is 7. The van der Waals surface area contributed by atoms with Crippen LogP contribution in [0.2, 0.25) is 0 Å².